The average molecular weight is 364 g/mol. The number of carbonyl (C=O) groups is 1. The molecule has 2 fully saturated rings. The van der Waals surface area contributed by atoms with E-state index in [2.05, 4.69) is 9.80 Å². The molecule has 2 heterocycles. The maximum Gasteiger partial charge on any atom is 0.254 e. The number of hydrogen-bond donors (Lipinski definition) is 0. The molecule has 0 aliphatic carbocycles. The van der Waals surface area contributed by atoms with Crippen LogP contribution in [0, 0.1) is 0 Å². The number of nitrogens with zero attached hydrogens (tertiary/aromatic N) is 2. The summed E-state index contributed by atoms with van der Waals surface area (Å²) in [4.78, 5) is 17.6. The highest BCUT2D eigenvalue weighted by molar-refractivity contribution is 5.94. The van der Waals surface area contributed by atoms with E-state index in [0.717, 1.165) is 42.8 Å². The second-order valence-corrected chi connectivity index (χ2v) is 7.60. The minimum atomic E-state index is 0.159. The molecule has 2 aliphatic heterocycles. The zero-order chi connectivity index (χ0) is 18.5. The van der Waals surface area contributed by atoms with Gasteiger partial charge in [0.2, 0.25) is 0 Å². The van der Waals surface area contributed by atoms with Crippen molar-refractivity contribution in [3.8, 4) is 5.75 Å². The van der Waals surface area contributed by atoms with E-state index in [1.54, 1.807) is 0 Å². The minimum Gasteiger partial charge on any atom is -0.489 e. The summed E-state index contributed by atoms with van der Waals surface area (Å²) < 4.78 is 5.83. The molecule has 4 nitrogen and oxygen atoms in total. The molecule has 0 saturated carbocycles. The number of benzene rings is 2. The van der Waals surface area contributed by atoms with Crippen molar-refractivity contribution in [2.75, 3.05) is 26.2 Å². The lowest BCUT2D eigenvalue weighted by atomic mass is 10.1. The van der Waals surface area contributed by atoms with Gasteiger partial charge < -0.3 is 14.5 Å². The molecule has 0 unspecified atom stereocenters. The highest BCUT2D eigenvalue weighted by atomic mass is 16.5. The van der Waals surface area contributed by atoms with Crippen molar-refractivity contribution in [2.45, 2.75) is 38.3 Å². The quantitative estimate of drug-likeness (QED) is 0.778. The molecule has 27 heavy (non-hydrogen) atoms. The van der Waals surface area contributed by atoms with Crippen LogP contribution in [0.4, 0.5) is 0 Å². The molecule has 4 rings (SSSR count). The van der Waals surface area contributed by atoms with Gasteiger partial charge in [-0.1, -0.05) is 30.3 Å². The third kappa shape index (κ3) is 4.51. The fourth-order valence-electron chi connectivity index (χ4n) is 4.16. The molecule has 1 atom stereocenters. The predicted octanol–water partition coefficient (Wildman–Crippen LogP) is 3.97. The molecule has 0 N–H and O–H groups in total. The van der Waals surface area contributed by atoms with E-state index in [1.807, 2.05) is 54.6 Å². The van der Waals surface area contributed by atoms with E-state index < -0.39 is 0 Å². The summed E-state index contributed by atoms with van der Waals surface area (Å²) in [5.41, 5.74) is 1.90. The Kier molecular flexibility index (Phi) is 5.73. The van der Waals surface area contributed by atoms with Crippen molar-refractivity contribution >= 4 is 5.91 Å². The number of rotatable bonds is 6. The third-order valence-corrected chi connectivity index (χ3v) is 5.66. The molecule has 2 aromatic carbocycles. The molecule has 142 valence electrons. The summed E-state index contributed by atoms with van der Waals surface area (Å²) in [6.07, 6.45) is 4.83. The first kappa shape index (κ1) is 18.1. The van der Waals surface area contributed by atoms with Crippen LogP contribution in [0.5, 0.6) is 5.75 Å². The van der Waals surface area contributed by atoms with Gasteiger partial charge in [0.05, 0.1) is 0 Å². The molecular formula is C23H28N2O2. The second kappa shape index (κ2) is 8.57. The SMILES string of the molecule is O=C(c1ccc(OCc2ccccc2)cc1)N1CCC[C@H]1CN1CCCC1. The van der Waals surface area contributed by atoms with Crippen molar-refractivity contribution in [1.82, 2.24) is 9.80 Å². The van der Waals surface area contributed by atoms with E-state index >= 15 is 0 Å². The second-order valence-electron chi connectivity index (χ2n) is 7.60. The van der Waals surface area contributed by atoms with Gasteiger partial charge >= 0.3 is 0 Å². The molecule has 4 heteroatoms. The largest absolute Gasteiger partial charge is 0.489 e. The fraction of sp³-hybridized carbons (Fsp3) is 0.435. The van der Waals surface area contributed by atoms with Crippen molar-refractivity contribution < 1.29 is 9.53 Å². The van der Waals surface area contributed by atoms with Crippen LogP contribution >= 0.6 is 0 Å². The Bertz CT molecular complexity index is 739. The van der Waals surface area contributed by atoms with Crippen LogP contribution in [0.2, 0.25) is 0 Å². The van der Waals surface area contributed by atoms with Gasteiger partial charge in [0.25, 0.3) is 5.91 Å². The van der Waals surface area contributed by atoms with Crippen LogP contribution in [-0.2, 0) is 6.61 Å². The summed E-state index contributed by atoms with van der Waals surface area (Å²) in [5, 5.41) is 0. The zero-order valence-corrected chi connectivity index (χ0v) is 15.8. The summed E-state index contributed by atoms with van der Waals surface area (Å²) >= 11 is 0. The highest BCUT2D eigenvalue weighted by Gasteiger charge is 2.31. The normalized spacial score (nSPS) is 20.1. The van der Waals surface area contributed by atoms with Crippen LogP contribution in [0.15, 0.2) is 54.6 Å². The summed E-state index contributed by atoms with van der Waals surface area (Å²) in [5.74, 6) is 0.955. The molecule has 0 radical (unpaired) electrons. The van der Waals surface area contributed by atoms with Crippen LogP contribution in [-0.4, -0.2) is 47.9 Å². The smallest absolute Gasteiger partial charge is 0.254 e. The van der Waals surface area contributed by atoms with Gasteiger partial charge in [-0.05, 0) is 68.6 Å². The fourth-order valence-corrected chi connectivity index (χ4v) is 4.16. The lowest BCUT2D eigenvalue weighted by Crippen LogP contribution is -2.42. The topological polar surface area (TPSA) is 32.8 Å². The molecule has 2 aliphatic rings. The minimum absolute atomic E-state index is 0.159. The van der Waals surface area contributed by atoms with Crippen molar-refractivity contribution in [3.63, 3.8) is 0 Å². The Morgan fingerprint density at radius 3 is 2.41 bits per heavy atom. The Morgan fingerprint density at radius 2 is 1.67 bits per heavy atom. The van der Waals surface area contributed by atoms with Gasteiger partial charge in [0, 0.05) is 24.7 Å². The molecule has 0 bridgehead atoms. The Labute approximate surface area is 161 Å². The predicted molar refractivity (Wildman–Crippen MR) is 107 cm³/mol. The Balaban J connectivity index is 1.35. The van der Waals surface area contributed by atoms with Gasteiger partial charge in [-0.2, -0.15) is 0 Å². The van der Waals surface area contributed by atoms with Crippen molar-refractivity contribution in [1.29, 1.82) is 0 Å². The standard InChI is InChI=1S/C23H28N2O2/c26-23(25-16-6-9-21(25)17-24-14-4-5-15-24)20-10-12-22(13-11-20)27-18-19-7-2-1-3-8-19/h1-3,7-8,10-13,21H,4-6,9,14-18H2/t21-/m0/s1. The lowest BCUT2D eigenvalue weighted by Gasteiger charge is -2.28. The molecule has 2 saturated heterocycles. The third-order valence-electron chi connectivity index (χ3n) is 5.66. The van der Waals surface area contributed by atoms with E-state index in [9.17, 15) is 4.79 Å². The zero-order valence-electron chi connectivity index (χ0n) is 15.8. The number of ether oxygens (including phenoxy) is 1. The molecule has 2 aromatic rings. The first-order valence-corrected chi connectivity index (χ1v) is 10.1. The van der Waals surface area contributed by atoms with Crippen LogP contribution in [0.1, 0.15) is 41.6 Å². The van der Waals surface area contributed by atoms with Gasteiger partial charge in [-0.3, -0.25) is 4.79 Å². The lowest BCUT2D eigenvalue weighted by molar-refractivity contribution is 0.0708. The molecule has 1 amide bonds. The summed E-state index contributed by atoms with van der Waals surface area (Å²) in [6, 6.07) is 18.1. The molecular weight excluding hydrogens is 336 g/mol. The van der Waals surface area contributed by atoms with Crippen LogP contribution < -0.4 is 4.74 Å². The van der Waals surface area contributed by atoms with Crippen LogP contribution in [0.3, 0.4) is 0 Å². The molecule has 0 spiro atoms. The van der Waals surface area contributed by atoms with E-state index in [-0.39, 0.29) is 5.91 Å². The van der Waals surface area contributed by atoms with Gasteiger partial charge in [-0.25, -0.2) is 0 Å². The molecule has 0 aromatic heterocycles. The van der Waals surface area contributed by atoms with Gasteiger partial charge in [0.1, 0.15) is 12.4 Å². The van der Waals surface area contributed by atoms with Gasteiger partial charge in [-0.15, -0.1) is 0 Å². The number of likely N-dealkylation sites (tertiary alicyclic amines) is 2. The van der Waals surface area contributed by atoms with E-state index in [0.29, 0.717) is 12.6 Å². The number of amides is 1. The average Bonchev–Trinajstić information content (AvgIpc) is 3.40. The highest BCUT2D eigenvalue weighted by Crippen LogP contribution is 2.23. The first-order valence-electron chi connectivity index (χ1n) is 10.1. The Hall–Kier alpha value is -2.33. The van der Waals surface area contributed by atoms with Gasteiger partial charge in [0.15, 0.2) is 0 Å². The maximum absolute atomic E-state index is 13.0. The van der Waals surface area contributed by atoms with E-state index in [4.69, 9.17) is 4.74 Å². The number of hydrogen-bond acceptors (Lipinski definition) is 3. The monoisotopic (exact) mass is 364 g/mol. The maximum atomic E-state index is 13.0. The van der Waals surface area contributed by atoms with Crippen LogP contribution in [0.25, 0.3) is 0 Å². The van der Waals surface area contributed by atoms with E-state index in [1.165, 1.54) is 25.9 Å². The summed E-state index contributed by atoms with van der Waals surface area (Å²) in [6.45, 7) is 4.82. The van der Waals surface area contributed by atoms with Crippen molar-refractivity contribution in [2.24, 2.45) is 0 Å². The number of carbonyl (C=O) groups excluding carboxylic acids is 1. The summed E-state index contributed by atoms with van der Waals surface area (Å²) in [7, 11) is 0. The Morgan fingerprint density at radius 1 is 0.926 bits per heavy atom. The first-order chi connectivity index (χ1) is 13.3. The van der Waals surface area contributed by atoms with Crippen molar-refractivity contribution in [3.05, 3.63) is 65.7 Å².